The number of benzene rings is 1. The van der Waals surface area contributed by atoms with Crippen LogP contribution in [-0.4, -0.2) is 9.78 Å². The average Bonchev–Trinajstić information content (AvgIpc) is 2.71. The van der Waals surface area contributed by atoms with E-state index < -0.39 is 0 Å². The number of rotatable bonds is 4. The lowest BCUT2D eigenvalue weighted by Gasteiger charge is -2.09. The first-order valence-electron chi connectivity index (χ1n) is 5.91. The highest BCUT2D eigenvalue weighted by molar-refractivity contribution is 6.33. The molecule has 0 atom stereocenters. The third-order valence-corrected chi connectivity index (χ3v) is 3.18. The van der Waals surface area contributed by atoms with Crippen LogP contribution in [0.25, 0.3) is 0 Å². The highest BCUT2D eigenvalue weighted by atomic mass is 35.5. The molecule has 0 amide bonds. The lowest BCUT2D eigenvalue weighted by molar-refractivity contribution is 0.746. The van der Waals surface area contributed by atoms with Crippen LogP contribution < -0.4 is 11.1 Å². The summed E-state index contributed by atoms with van der Waals surface area (Å²) in [4.78, 5) is 0. The maximum absolute atomic E-state index is 5.98. The van der Waals surface area contributed by atoms with Gasteiger partial charge in [-0.15, -0.1) is 0 Å². The van der Waals surface area contributed by atoms with Crippen LogP contribution in [0.5, 0.6) is 0 Å². The lowest BCUT2D eigenvalue weighted by Crippen LogP contribution is -2.03. The van der Waals surface area contributed by atoms with Gasteiger partial charge in [0.1, 0.15) is 0 Å². The van der Waals surface area contributed by atoms with E-state index in [1.807, 2.05) is 30.1 Å². The van der Waals surface area contributed by atoms with Crippen LogP contribution in [0.1, 0.15) is 18.2 Å². The summed E-state index contributed by atoms with van der Waals surface area (Å²) in [6.07, 6.45) is 2.94. The summed E-state index contributed by atoms with van der Waals surface area (Å²) in [5, 5.41) is 8.27. The Labute approximate surface area is 112 Å². The maximum Gasteiger partial charge on any atom is 0.0739 e. The summed E-state index contributed by atoms with van der Waals surface area (Å²) in [6.45, 7) is 2.79. The minimum absolute atomic E-state index is 0.571. The van der Waals surface area contributed by atoms with Gasteiger partial charge in [-0.05, 0) is 18.6 Å². The van der Waals surface area contributed by atoms with Crippen molar-refractivity contribution < 1.29 is 0 Å². The normalized spacial score (nSPS) is 10.6. The van der Waals surface area contributed by atoms with Gasteiger partial charge in [0.25, 0.3) is 0 Å². The first-order valence-corrected chi connectivity index (χ1v) is 6.29. The van der Waals surface area contributed by atoms with Crippen LogP contribution in [0.15, 0.2) is 24.4 Å². The molecule has 96 valence electrons. The van der Waals surface area contributed by atoms with Crippen molar-refractivity contribution in [1.82, 2.24) is 9.78 Å². The van der Waals surface area contributed by atoms with E-state index in [2.05, 4.69) is 17.3 Å². The van der Waals surface area contributed by atoms with Gasteiger partial charge in [-0.25, -0.2) is 0 Å². The molecule has 0 radical (unpaired) electrons. The SMILES string of the molecule is CCc1nn(C)cc1CNc1cccc(Cl)c1N. The van der Waals surface area contributed by atoms with Gasteiger partial charge in [0, 0.05) is 25.4 Å². The smallest absolute Gasteiger partial charge is 0.0739 e. The number of nitrogens with two attached hydrogens (primary N) is 1. The molecule has 1 heterocycles. The topological polar surface area (TPSA) is 55.9 Å². The van der Waals surface area contributed by atoms with Crippen LogP contribution >= 0.6 is 11.6 Å². The van der Waals surface area contributed by atoms with E-state index in [0.29, 0.717) is 17.3 Å². The Kier molecular flexibility index (Phi) is 3.77. The minimum Gasteiger partial charge on any atom is -0.396 e. The third-order valence-electron chi connectivity index (χ3n) is 2.85. The molecule has 0 fully saturated rings. The van der Waals surface area contributed by atoms with Crippen LogP contribution in [0.2, 0.25) is 5.02 Å². The second kappa shape index (κ2) is 5.31. The van der Waals surface area contributed by atoms with E-state index in [1.165, 1.54) is 5.56 Å². The van der Waals surface area contributed by atoms with Gasteiger partial charge < -0.3 is 11.1 Å². The number of nitrogen functional groups attached to an aromatic ring is 1. The molecular formula is C13H17ClN4. The molecule has 1 aromatic heterocycles. The van der Waals surface area contributed by atoms with Gasteiger partial charge in [-0.2, -0.15) is 5.10 Å². The number of nitrogens with zero attached hydrogens (tertiary/aromatic N) is 2. The second-order valence-corrected chi connectivity index (χ2v) is 4.59. The summed E-state index contributed by atoms with van der Waals surface area (Å²) in [6, 6.07) is 5.58. The van der Waals surface area contributed by atoms with E-state index in [9.17, 15) is 0 Å². The van der Waals surface area contributed by atoms with E-state index in [0.717, 1.165) is 17.8 Å². The second-order valence-electron chi connectivity index (χ2n) is 4.18. The Morgan fingerprint density at radius 1 is 1.44 bits per heavy atom. The van der Waals surface area contributed by atoms with Crippen molar-refractivity contribution in [3.63, 3.8) is 0 Å². The van der Waals surface area contributed by atoms with Crippen molar-refractivity contribution in [2.24, 2.45) is 7.05 Å². The van der Waals surface area contributed by atoms with Crippen molar-refractivity contribution in [1.29, 1.82) is 0 Å². The average molecular weight is 265 g/mol. The lowest BCUT2D eigenvalue weighted by atomic mass is 10.2. The fourth-order valence-electron chi connectivity index (χ4n) is 1.91. The van der Waals surface area contributed by atoms with Gasteiger partial charge in [0.05, 0.1) is 22.1 Å². The Bertz CT molecular complexity index is 548. The molecule has 5 heteroatoms. The molecule has 0 saturated heterocycles. The van der Waals surface area contributed by atoms with E-state index in [4.69, 9.17) is 17.3 Å². The molecule has 4 nitrogen and oxygen atoms in total. The number of hydrogen-bond donors (Lipinski definition) is 2. The molecule has 1 aromatic carbocycles. The fraction of sp³-hybridized carbons (Fsp3) is 0.308. The standard InChI is InChI=1S/C13H17ClN4/c1-3-11-9(8-18(2)17-11)7-16-12-6-4-5-10(14)13(12)15/h4-6,8,16H,3,7,15H2,1-2H3. The Morgan fingerprint density at radius 3 is 2.94 bits per heavy atom. The van der Waals surface area contributed by atoms with Crippen molar-refractivity contribution in [2.75, 3.05) is 11.1 Å². The van der Waals surface area contributed by atoms with Gasteiger partial charge in [0.15, 0.2) is 0 Å². The monoisotopic (exact) mass is 264 g/mol. The molecule has 2 aromatic rings. The number of hydrogen-bond acceptors (Lipinski definition) is 3. The molecular weight excluding hydrogens is 248 g/mol. The summed E-state index contributed by atoms with van der Waals surface area (Å²) in [7, 11) is 1.93. The van der Waals surface area contributed by atoms with Gasteiger partial charge in [0.2, 0.25) is 0 Å². The van der Waals surface area contributed by atoms with Gasteiger partial charge in [-0.3, -0.25) is 4.68 Å². The summed E-state index contributed by atoms with van der Waals surface area (Å²) in [5.74, 6) is 0. The number of anilines is 2. The van der Waals surface area contributed by atoms with Crippen molar-refractivity contribution >= 4 is 23.0 Å². The molecule has 2 rings (SSSR count). The number of aryl methyl sites for hydroxylation is 2. The van der Waals surface area contributed by atoms with Crippen LogP contribution in [-0.2, 0) is 20.0 Å². The Morgan fingerprint density at radius 2 is 2.22 bits per heavy atom. The number of aromatic nitrogens is 2. The fourth-order valence-corrected chi connectivity index (χ4v) is 2.09. The number of halogens is 1. The maximum atomic E-state index is 5.98. The highest BCUT2D eigenvalue weighted by Gasteiger charge is 2.07. The molecule has 3 N–H and O–H groups in total. The first kappa shape index (κ1) is 12.8. The molecule has 0 bridgehead atoms. The summed E-state index contributed by atoms with van der Waals surface area (Å²) < 4.78 is 1.83. The molecule has 18 heavy (non-hydrogen) atoms. The molecule has 0 unspecified atom stereocenters. The number of nitrogens with one attached hydrogen (secondary N) is 1. The van der Waals surface area contributed by atoms with E-state index in [1.54, 1.807) is 6.07 Å². The Hall–Kier alpha value is -1.68. The van der Waals surface area contributed by atoms with Crippen molar-refractivity contribution in [3.05, 3.63) is 40.7 Å². The zero-order valence-electron chi connectivity index (χ0n) is 10.6. The van der Waals surface area contributed by atoms with Crippen LogP contribution in [0, 0.1) is 0 Å². The zero-order chi connectivity index (χ0) is 13.1. The van der Waals surface area contributed by atoms with Crippen LogP contribution in [0.3, 0.4) is 0 Å². The van der Waals surface area contributed by atoms with Gasteiger partial charge >= 0.3 is 0 Å². The predicted molar refractivity (Wildman–Crippen MR) is 75.8 cm³/mol. The number of para-hydroxylation sites is 1. The predicted octanol–water partition coefficient (Wildman–Crippen LogP) is 2.83. The molecule has 0 aliphatic heterocycles. The van der Waals surface area contributed by atoms with E-state index >= 15 is 0 Å². The molecule has 0 spiro atoms. The minimum atomic E-state index is 0.571. The summed E-state index contributed by atoms with van der Waals surface area (Å²) in [5.41, 5.74) is 9.63. The summed E-state index contributed by atoms with van der Waals surface area (Å²) >= 11 is 5.98. The molecule has 0 aliphatic rings. The largest absolute Gasteiger partial charge is 0.396 e. The third kappa shape index (κ3) is 2.59. The Balaban J connectivity index is 2.13. The first-order chi connectivity index (χ1) is 8.61. The van der Waals surface area contributed by atoms with Crippen LogP contribution in [0.4, 0.5) is 11.4 Å². The van der Waals surface area contributed by atoms with E-state index in [-0.39, 0.29) is 0 Å². The van der Waals surface area contributed by atoms with Crippen molar-refractivity contribution in [2.45, 2.75) is 19.9 Å². The molecule has 0 saturated carbocycles. The zero-order valence-corrected chi connectivity index (χ0v) is 11.3. The van der Waals surface area contributed by atoms with Gasteiger partial charge in [-0.1, -0.05) is 24.6 Å². The highest BCUT2D eigenvalue weighted by Crippen LogP contribution is 2.27. The molecule has 0 aliphatic carbocycles. The quantitative estimate of drug-likeness (QED) is 0.835. The van der Waals surface area contributed by atoms with Crippen molar-refractivity contribution in [3.8, 4) is 0 Å².